The first-order valence-corrected chi connectivity index (χ1v) is 6.62. The van der Waals surface area contributed by atoms with Gasteiger partial charge >= 0.3 is 0 Å². The van der Waals surface area contributed by atoms with Gasteiger partial charge in [0.25, 0.3) is 0 Å². The zero-order valence-electron chi connectivity index (χ0n) is 11.1. The zero-order chi connectivity index (χ0) is 13.7. The summed E-state index contributed by atoms with van der Waals surface area (Å²) in [6.07, 6.45) is 3.22. The number of nitrogens with zero attached hydrogens (tertiary/aromatic N) is 1. The smallest absolute Gasteiger partial charge is 0.147 e. The van der Waals surface area contributed by atoms with Crippen molar-refractivity contribution in [2.75, 3.05) is 0 Å². The van der Waals surface area contributed by atoms with E-state index in [4.69, 9.17) is 16.3 Å². The highest BCUT2D eigenvalue weighted by Crippen LogP contribution is 2.23. The van der Waals surface area contributed by atoms with Crippen LogP contribution in [0.2, 0.25) is 5.02 Å². The van der Waals surface area contributed by atoms with Crippen molar-refractivity contribution in [2.45, 2.75) is 26.4 Å². The van der Waals surface area contributed by atoms with Crippen molar-refractivity contribution in [3.8, 4) is 11.5 Å². The Morgan fingerprint density at radius 2 is 2.05 bits per heavy atom. The Morgan fingerprint density at radius 1 is 1.21 bits per heavy atom. The van der Waals surface area contributed by atoms with E-state index in [0.29, 0.717) is 16.8 Å². The maximum atomic E-state index is 5.87. The van der Waals surface area contributed by atoms with E-state index < -0.39 is 0 Å². The second-order valence-electron chi connectivity index (χ2n) is 4.62. The highest BCUT2D eigenvalue weighted by atomic mass is 35.5. The fourth-order valence-corrected chi connectivity index (χ4v) is 1.79. The summed E-state index contributed by atoms with van der Waals surface area (Å²) < 4.78 is 5.73. The molecule has 3 nitrogen and oxygen atoms in total. The first kappa shape index (κ1) is 13.8. The third-order valence-corrected chi connectivity index (χ3v) is 2.74. The van der Waals surface area contributed by atoms with E-state index in [1.165, 1.54) is 5.56 Å². The van der Waals surface area contributed by atoms with Crippen molar-refractivity contribution in [2.24, 2.45) is 0 Å². The fraction of sp³-hybridized carbons (Fsp3) is 0.267. The molecule has 0 unspecified atom stereocenters. The number of rotatable bonds is 5. The Bertz CT molecular complexity index is 543. The van der Waals surface area contributed by atoms with Gasteiger partial charge in [-0.25, -0.2) is 0 Å². The molecule has 0 saturated heterocycles. The molecule has 0 fully saturated rings. The molecular formula is C15H17ClN2O. The molecule has 0 spiro atoms. The molecule has 1 aromatic heterocycles. The minimum absolute atomic E-state index is 0.460. The molecule has 2 aromatic rings. The fourth-order valence-electron chi connectivity index (χ4n) is 1.63. The zero-order valence-corrected chi connectivity index (χ0v) is 11.8. The van der Waals surface area contributed by atoms with Crippen LogP contribution in [-0.4, -0.2) is 11.0 Å². The minimum atomic E-state index is 0.460. The van der Waals surface area contributed by atoms with Crippen LogP contribution >= 0.6 is 11.6 Å². The number of benzene rings is 1. The average Bonchev–Trinajstić information content (AvgIpc) is 2.37. The van der Waals surface area contributed by atoms with Crippen molar-refractivity contribution in [3.63, 3.8) is 0 Å². The van der Waals surface area contributed by atoms with Crippen LogP contribution in [0, 0.1) is 0 Å². The molecule has 4 heteroatoms. The maximum Gasteiger partial charge on any atom is 0.147 e. The van der Waals surface area contributed by atoms with Crippen LogP contribution in [0.5, 0.6) is 11.5 Å². The molecule has 1 N–H and O–H groups in total. The summed E-state index contributed by atoms with van der Waals surface area (Å²) in [6, 6.07) is 10.2. The van der Waals surface area contributed by atoms with Crippen LogP contribution in [0.4, 0.5) is 0 Å². The Hall–Kier alpha value is -1.58. The van der Waals surface area contributed by atoms with Crippen molar-refractivity contribution in [1.29, 1.82) is 0 Å². The van der Waals surface area contributed by atoms with Crippen LogP contribution in [0.25, 0.3) is 0 Å². The van der Waals surface area contributed by atoms with Crippen LogP contribution in [0.1, 0.15) is 19.4 Å². The molecule has 2 rings (SSSR count). The molecule has 0 bridgehead atoms. The van der Waals surface area contributed by atoms with E-state index in [-0.39, 0.29) is 0 Å². The lowest BCUT2D eigenvalue weighted by atomic mass is 10.2. The van der Waals surface area contributed by atoms with Gasteiger partial charge in [0.15, 0.2) is 0 Å². The molecule has 0 amide bonds. The largest absolute Gasteiger partial charge is 0.456 e. The first-order chi connectivity index (χ1) is 9.13. The topological polar surface area (TPSA) is 34.1 Å². The molecule has 0 radical (unpaired) electrons. The van der Waals surface area contributed by atoms with Gasteiger partial charge in [-0.3, -0.25) is 4.98 Å². The monoisotopic (exact) mass is 276 g/mol. The lowest BCUT2D eigenvalue weighted by molar-refractivity contribution is 0.478. The van der Waals surface area contributed by atoms with Gasteiger partial charge < -0.3 is 10.1 Å². The van der Waals surface area contributed by atoms with Crippen molar-refractivity contribution >= 4 is 11.6 Å². The lowest BCUT2D eigenvalue weighted by Crippen LogP contribution is -2.21. The van der Waals surface area contributed by atoms with Gasteiger partial charge in [0.2, 0.25) is 0 Å². The van der Waals surface area contributed by atoms with Gasteiger partial charge in [0, 0.05) is 24.8 Å². The molecule has 100 valence electrons. The SMILES string of the molecule is CC(C)NCc1cccc(Oc2cncc(Cl)c2)c1. The molecule has 1 heterocycles. The Labute approximate surface area is 118 Å². The van der Waals surface area contributed by atoms with E-state index in [9.17, 15) is 0 Å². The maximum absolute atomic E-state index is 5.87. The Morgan fingerprint density at radius 3 is 2.79 bits per heavy atom. The van der Waals surface area contributed by atoms with Crippen molar-refractivity contribution < 1.29 is 4.74 Å². The van der Waals surface area contributed by atoms with E-state index in [2.05, 4.69) is 30.2 Å². The molecule has 0 aliphatic carbocycles. The summed E-state index contributed by atoms with van der Waals surface area (Å²) in [7, 11) is 0. The van der Waals surface area contributed by atoms with E-state index >= 15 is 0 Å². The third-order valence-electron chi connectivity index (χ3n) is 2.53. The molecule has 0 saturated carbocycles. The normalized spacial score (nSPS) is 10.7. The molecule has 0 aliphatic heterocycles. The van der Waals surface area contributed by atoms with Crippen molar-refractivity contribution in [1.82, 2.24) is 10.3 Å². The summed E-state index contributed by atoms with van der Waals surface area (Å²) in [4.78, 5) is 3.99. The molecule has 0 aliphatic rings. The van der Waals surface area contributed by atoms with Gasteiger partial charge in [-0.05, 0) is 17.7 Å². The number of halogens is 1. The molecule has 1 aromatic carbocycles. The number of aromatic nitrogens is 1. The summed E-state index contributed by atoms with van der Waals surface area (Å²) in [6.45, 7) is 5.07. The van der Waals surface area contributed by atoms with Gasteiger partial charge in [-0.1, -0.05) is 37.6 Å². The van der Waals surface area contributed by atoms with Crippen LogP contribution in [0.15, 0.2) is 42.7 Å². The standard InChI is InChI=1S/C15H17ClN2O/c1-11(2)18-8-12-4-3-5-14(6-12)19-15-7-13(16)9-17-10-15/h3-7,9-11,18H,8H2,1-2H3. The molecule has 19 heavy (non-hydrogen) atoms. The Balaban J connectivity index is 2.06. The number of hydrogen-bond donors (Lipinski definition) is 1. The van der Waals surface area contributed by atoms with Crippen molar-refractivity contribution in [3.05, 3.63) is 53.3 Å². The first-order valence-electron chi connectivity index (χ1n) is 6.24. The van der Waals surface area contributed by atoms with E-state index in [1.807, 2.05) is 18.2 Å². The quantitative estimate of drug-likeness (QED) is 0.895. The van der Waals surface area contributed by atoms with Crippen LogP contribution < -0.4 is 10.1 Å². The Kier molecular flexibility index (Phi) is 4.77. The number of hydrogen-bond acceptors (Lipinski definition) is 3. The predicted molar refractivity (Wildman–Crippen MR) is 77.7 cm³/mol. The molecule has 0 atom stereocenters. The highest BCUT2D eigenvalue weighted by Gasteiger charge is 2.01. The lowest BCUT2D eigenvalue weighted by Gasteiger charge is -2.10. The summed E-state index contributed by atoms with van der Waals surface area (Å²) in [5.74, 6) is 1.42. The van der Waals surface area contributed by atoms with E-state index in [1.54, 1.807) is 18.5 Å². The third kappa shape index (κ3) is 4.54. The summed E-state index contributed by atoms with van der Waals surface area (Å²) in [5.41, 5.74) is 1.18. The second kappa shape index (κ2) is 6.55. The average molecular weight is 277 g/mol. The van der Waals surface area contributed by atoms with Crippen LogP contribution in [0.3, 0.4) is 0 Å². The van der Waals surface area contributed by atoms with Gasteiger partial charge in [-0.15, -0.1) is 0 Å². The second-order valence-corrected chi connectivity index (χ2v) is 5.06. The number of nitrogens with one attached hydrogen (secondary N) is 1. The van der Waals surface area contributed by atoms with Crippen LogP contribution in [-0.2, 0) is 6.54 Å². The minimum Gasteiger partial charge on any atom is -0.456 e. The highest BCUT2D eigenvalue weighted by molar-refractivity contribution is 6.30. The van der Waals surface area contributed by atoms with Gasteiger partial charge in [0.05, 0.1) is 11.2 Å². The predicted octanol–water partition coefficient (Wildman–Crippen LogP) is 4.03. The van der Waals surface area contributed by atoms with E-state index in [0.717, 1.165) is 12.3 Å². The number of ether oxygens (including phenoxy) is 1. The number of pyridine rings is 1. The summed E-state index contributed by atoms with van der Waals surface area (Å²) in [5, 5.41) is 3.94. The van der Waals surface area contributed by atoms with Gasteiger partial charge in [-0.2, -0.15) is 0 Å². The van der Waals surface area contributed by atoms with Gasteiger partial charge in [0.1, 0.15) is 11.5 Å². The molecular weight excluding hydrogens is 260 g/mol. The summed E-state index contributed by atoms with van der Waals surface area (Å²) >= 11 is 5.87.